The van der Waals surface area contributed by atoms with Gasteiger partial charge in [0.1, 0.15) is 22.3 Å². The lowest BCUT2D eigenvalue weighted by Crippen LogP contribution is -1.94. The van der Waals surface area contributed by atoms with Gasteiger partial charge in [-0.1, -0.05) is 109 Å². The number of hydrogen-bond acceptors (Lipinski definition) is 4. The molecule has 0 aliphatic rings. The zero-order valence-corrected chi connectivity index (χ0v) is 23.4. The first-order valence-corrected chi connectivity index (χ1v) is 14.7. The molecule has 3 heterocycles. The number of benzene rings is 7. The number of para-hydroxylation sites is 2. The number of nitrogens with zero attached hydrogens (tertiary/aromatic N) is 2. The third kappa shape index (κ3) is 3.17. The van der Waals surface area contributed by atoms with Crippen LogP contribution in [0.4, 0.5) is 0 Å². The maximum absolute atomic E-state index is 6.65. The minimum Gasteiger partial charge on any atom is -0.456 e. The third-order valence-electron chi connectivity index (χ3n) is 8.91. The van der Waals surface area contributed by atoms with E-state index < -0.39 is 0 Å². The summed E-state index contributed by atoms with van der Waals surface area (Å²) in [6.45, 7) is 0. The van der Waals surface area contributed by atoms with Crippen molar-refractivity contribution in [2.45, 2.75) is 0 Å². The summed E-state index contributed by atoms with van der Waals surface area (Å²) in [4.78, 5) is 10.4. The Kier molecular flexibility index (Phi) is 4.69. The topological polar surface area (TPSA) is 52.1 Å². The second kappa shape index (κ2) is 8.76. The predicted octanol–water partition coefficient (Wildman–Crippen LogP) is 11.1. The maximum atomic E-state index is 6.65. The van der Waals surface area contributed by atoms with Crippen molar-refractivity contribution in [3.63, 3.8) is 0 Å². The number of fused-ring (bicyclic) bond motifs is 12. The first-order chi connectivity index (χ1) is 21.8. The zero-order valence-electron chi connectivity index (χ0n) is 23.4. The number of furan rings is 2. The van der Waals surface area contributed by atoms with Crippen molar-refractivity contribution in [3.05, 3.63) is 134 Å². The summed E-state index contributed by atoms with van der Waals surface area (Å²) in [5.41, 5.74) is 8.98. The van der Waals surface area contributed by atoms with Crippen LogP contribution >= 0.6 is 0 Å². The lowest BCUT2D eigenvalue weighted by molar-refractivity contribution is 0.664. The van der Waals surface area contributed by atoms with Crippen molar-refractivity contribution in [1.29, 1.82) is 0 Å². The summed E-state index contributed by atoms with van der Waals surface area (Å²) >= 11 is 0. The molecule has 0 aliphatic carbocycles. The molecule has 0 saturated carbocycles. The van der Waals surface area contributed by atoms with Crippen LogP contribution in [0.5, 0.6) is 0 Å². The molecular formula is C40H22N2O2. The largest absolute Gasteiger partial charge is 0.456 e. The molecule has 0 atom stereocenters. The second-order valence-electron chi connectivity index (χ2n) is 11.3. The molecule has 0 unspecified atom stereocenters. The van der Waals surface area contributed by atoms with E-state index in [-0.39, 0.29) is 0 Å². The van der Waals surface area contributed by atoms with Gasteiger partial charge in [-0.05, 0) is 34.5 Å². The molecule has 0 amide bonds. The first-order valence-electron chi connectivity index (χ1n) is 14.7. The van der Waals surface area contributed by atoms with E-state index in [9.17, 15) is 0 Å². The molecule has 204 valence electrons. The molecule has 0 radical (unpaired) electrons. The zero-order chi connectivity index (χ0) is 28.8. The third-order valence-corrected chi connectivity index (χ3v) is 8.91. The average molecular weight is 563 g/mol. The Balaban J connectivity index is 1.33. The average Bonchev–Trinajstić information content (AvgIpc) is 3.65. The number of aromatic nitrogens is 2. The highest BCUT2D eigenvalue weighted by Crippen LogP contribution is 2.47. The van der Waals surface area contributed by atoms with Gasteiger partial charge in [-0.15, -0.1) is 0 Å². The quantitative estimate of drug-likeness (QED) is 0.197. The van der Waals surface area contributed by atoms with E-state index in [1.165, 1.54) is 10.8 Å². The molecule has 0 saturated heterocycles. The van der Waals surface area contributed by atoms with Gasteiger partial charge in [0.15, 0.2) is 0 Å². The van der Waals surface area contributed by atoms with Crippen molar-refractivity contribution in [3.8, 4) is 22.4 Å². The van der Waals surface area contributed by atoms with Crippen LogP contribution < -0.4 is 0 Å². The molecule has 0 aliphatic heterocycles. The van der Waals surface area contributed by atoms with Crippen LogP contribution in [0.2, 0.25) is 0 Å². The lowest BCUT2D eigenvalue weighted by Gasteiger charge is -2.13. The fourth-order valence-electron chi connectivity index (χ4n) is 7.00. The summed E-state index contributed by atoms with van der Waals surface area (Å²) in [6.07, 6.45) is 1.91. The monoisotopic (exact) mass is 562 g/mol. The van der Waals surface area contributed by atoms with Crippen LogP contribution in [-0.4, -0.2) is 9.97 Å². The Labute approximate surface area is 250 Å². The SMILES string of the molecule is c1ccc(-c2c3oc4ccccc4c3cc3oc4ccccc4c23)c(-c2cnc3c4ccccc4c4ccccc4c3n2)c1. The van der Waals surface area contributed by atoms with Gasteiger partial charge < -0.3 is 8.83 Å². The van der Waals surface area contributed by atoms with Crippen LogP contribution in [0, 0.1) is 0 Å². The van der Waals surface area contributed by atoms with E-state index >= 15 is 0 Å². The highest BCUT2D eigenvalue weighted by atomic mass is 16.3. The van der Waals surface area contributed by atoms with Crippen molar-refractivity contribution >= 4 is 76.5 Å². The smallest absolute Gasteiger partial charge is 0.144 e. The Morgan fingerprint density at radius 1 is 0.432 bits per heavy atom. The van der Waals surface area contributed by atoms with Gasteiger partial charge in [0.25, 0.3) is 0 Å². The molecule has 44 heavy (non-hydrogen) atoms. The molecule has 0 bridgehead atoms. The molecule has 0 N–H and O–H groups in total. The van der Waals surface area contributed by atoms with E-state index in [0.717, 1.165) is 88.1 Å². The highest BCUT2D eigenvalue weighted by molar-refractivity contribution is 6.25. The summed E-state index contributed by atoms with van der Waals surface area (Å²) in [5, 5.41) is 8.73. The Morgan fingerprint density at radius 2 is 1.00 bits per heavy atom. The van der Waals surface area contributed by atoms with E-state index in [4.69, 9.17) is 18.8 Å². The molecule has 10 rings (SSSR count). The van der Waals surface area contributed by atoms with E-state index in [2.05, 4.69) is 97.1 Å². The van der Waals surface area contributed by atoms with Crippen LogP contribution in [-0.2, 0) is 0 Å². The van der Waals surface area contributed by atoms with Gasteiger partial charge >= 0.3 is 0 Å². The van der Waals surface area contributed by atoms with Gasteiger partial charge in [0.2, 0.25) is 0 Å². The maximum Gasteiger partial charge on any atom is 0.144 e. The van der Waals surface area contributed by atoms with Gasteiger partial charge in [-0.2, -0.15) is 0 Å². The lowest BCUT2D eigenvalue weighted by atomic mass is 9.92. The molecule has 4 nitrogen and oxygen atoms in total. The van der Waals surface area contributed by atoms with Crippen molar-refractivity contribution in [2.75, 3.05) is 0 Å². The fraction of sp³-hybridized carbons (Fsp3) is 0. The molecule has 10 aromatic rings. The molecular weight excluding hydrogens is 540 g/mol. The van der Waals surface area contributed by atoms with Gasteiger partial charge in [-0.3, -0.25) is 4.98 Å². The first kappa shape index (κ1) is 23.6. The van der Waals surface area contributed by atoms with Gasteiger partial charge in [-0.25, -0.2) is 4.98 Å². The van der Waals surface area contributed by atoms with Gasteiger partial charge in [0.05, 0.1) is 22.9 Å². The minimum atomic E-state index is 0.808. The fourth-order valence-corrected chi connectivity index (χ4v) is 7.00. The van der Waals surface area contributed by atoms with Crippen LogP contribution in [0.15, 0.2) is 142 Å². The standard InChI is InChI=1S/C40H22N2O2/c1-5-16-28-23(11-1)24-12-2-6-17-29(24)39-38(28)41-22-32(42-39)25-13-3-4-15-27(25)37-36-30-18-8-10-20-34(30)43-35(36)21-31-26-14-7-9-19-33(26)44-40(31)37/h1-22H. The molecule has 3 aromatic heterocycles. The van der Waals surface area contributed by atoms with E-state index in [0.29, 0.717) is 0 Å². The van der Waals surface area contributed by atoms with E-state index in [1.807, 2.05) is 36.5 Å². The number of rotatable bonds is 2. The predicted molar refractivity (Wildman–Crippen MR) is 180 cm³/mol. The normalized spacial score (nSPS) is 12.1. The summed E-state index contributed by atoms with van der Waals surface area (Å²) in [7, 11) is 0. The van der Waals surface area contributed by atoms with Crippen molar-refractivity contribution < 1.29 is 8.83 Å². The Morgan fingerprint density at radius 3 is 1.75 bits per heavy atom. The van der Waals surface area contributed by atoms with E-state index in [1.54, 1.807) is 0 Å². The summed E-state index contributed by atoms with van der Waals surface area (Å²) in [6, 6.07) is 43.9. The van der Waals surface area contributed by atoms with Gasteiger partial charge in [0, 0.05) is 43.4 Å². The number of hydrogen-bond donors (Lipinski definition) is 0. The van der Waals surface area contributed by atoms with Crippen LogP contribution in [0.3, 0.4) is 0 Å². The molecule has 0 spiro atoms. The van der Waals surface area contributed by atoms with Crippen molar-refractivity contribution in [2.24, 2.45) is 0 Å². The van der Waals surface area contributed by atoms with Crippen LogP contribution in [0.1, 0.15) is 0 Å². The summed E-state index contributed by atoms with van der Waals surface area (Å²) in [5.74, 6) is 0. The molecule has 4 heteroatoms. The van der Waals surface area contributed by atoms with Crippen LogP contribution in [0.25, 0.3) is 98.8 Å². The summed E-state index contributed by atoms with van der Waals surface area (Å²) < 4.78 is 13.1. The Hall–Kier alpha value is -6.00. The Bertz CT molecular complexity index is 2750. The highest BCUT2D eigenvalue weighted by Gasteiger charge is 2.23. The molecule has 0 fully saturated rings. The minimum absolute atomic E-state index is 0.808. The second-order valence-corrected chi connectivity index (χ2v) is 11.3. The molecule has 7 aromatic carbocycles. The van der Waals surface area contributed by atoms with Crippen molar-refractivity contribution in [1.82, 2.24) is 9.97 Å².